The van der Waals surface area contributed by atoms with Crippen molar-refractivity contribution in [3.05, 3.63) is 25.0 Å². The first-order valence-corrected chi connectivity index (χ1v) is 5.77. The molecule has 2 atom stereocenters. The molecule has 0 aromatic carbocycles. The van der Waals surface area contributed by atoms with Crippen LogP contribution < -0.4 is 5.32 Å². The van der Waals surface area contributed by atoms with Crippen LogP contribution in [0.5, 0.6) is 0 Å². The summed E-state index contributed by atoms with van der Waals surface area (Å²) in [4.78, 5) is 4.31. The minimum absolute atomic E-state index is 0.397. The van der Waals surface area contributed by atoms with Crippen LogP contribution in [-0.2, 0) is 11.3 Å². The summed E-state index contributed by atoms with van der Waals surface area (Å²) < 4.78 is 7.45. The zero-order chi connectivity index (χ0) is 11.4. The maximum atomic E-state index is 5.39. The monoisotopic (exact) mass is 221 g/mol. The van der Waals surface area contributed by atoms with Crippen molar-refractivity contribution in [2.24, 2.45) is 5.92 Å². The molecular formula is C12H19N3O. The molecule has 0 radical (unpaired) electrons. The Morgan fingerprint density at radius 3 is 3.38 bits per heavy atom. The summed E-state index contributed by atoms with van der Waals surface area (Å²) in [6.07, 6.45) is 6.78. The molecule has 0 amide bonds. The Hall–Kier alpha value is -1.29. The van der Waals surface area contributed by atoms with Gasteiger partial charge in [0.05, 0.1) is 6.61 Å². The third-order valence-corrected chi connectivity index (χ3v) is 3.07. The first-order chi connectivity index (χ1) is 7.81. The molecule has 1 aliphatic rings. The number of anilines is 1. The molecule has 1 aliphatic heterocycles. The third-order valence-electron chi connectivity index (χ3n) is 3.07. The van der Waals surface area contributed by atoms with E-state index in [9.17, 15) is 0 Å². The topological polar surface area (TPSA) is 39.1 Å². The number of hydrogen-bond donors (Lipinski definition) is 1. The van der Waals surface area contributed by atoms with Gasteiger partial charge in [0.2, 0.25) is 5.95 Å². The average Bonchev–Trinajstić information content (AvgIpc) is 2.90. The van der Waals surface area contributed by atoms with Gasteiger partial charge < -0.3 is 14.6 Å². The molecule has 2 unspecified atom stereocenters. The van der Waals surface area contributed by atoms with E-state index in [1.807, 2.05) is 18.5 Å². The smallest absolute Gasteiger partial charge is 0.203 e. The van der Waals surface area contributed by atoms with Crippen molar-refractivity contribution in [3.63, 3.8) is 0 Å². The maximum absolute atomic E-state index is 5.39. The fourth-order valence-electron chi connectivity index (χ4n) is 2.00. The first-order valence-electron chi connectivity index (χ1n) is 5.77. The van der Waals surface area contributed by atoms with Crippen LogP contribution in [0, 0.1) is 5.92 Å². The fraction of sp³-hybridized carbons (Fsp3) is 0.583. The van der Waals surface area contributed by atoms with Crippen molar-refractivity contribution in [3.8, 4) is 0 Å². The average molecular weight is 221 g/mol. The number of hydrogen-bond acceptors (Lipinski definition) is 3. The molecule has 16 heavy (non-hydrogen) atoms. The SMILES string of the molecule is C=CCn1ccnc1NC(C)C1CCOC1. The maximum Gasteiger partial charge on any atom is 0.203 e. The first kappa shape index (κ1) is 11.2. The second kappa shape index (κ2) is 5.16. The Kier molecular flexibility index (Phi) is 3.62. The zero-order valence-corrected chi connectivity index (χ0v) is 9.72. The van der Waals surface area contributed by atoms with Crippen LogP contribution in [0.15, 0.2) is 25.0 Å². The van der Waals surface area contributed by atoms with E-state index in [-0.39, 0.29) is 0 Å². The summed E-state index contributed by atoms with van der Waals surface area (Å²) in [6.45, 7) is 8.46. The predicted octanol–water partition coefficient (Wildman–Crippen LogP) is 1.91. The van der Waals surface area contributed by atoms with Gasteiger partial charge >= 0.3 is 0 Å². The molecular weight excluding hydrogens is 202 g/mol. The van der Waals surface area contributed by atoms with Gasteiger partial charge in [-0.1, -0.05) is 6.08 Å². The van der Waals surface area contributed by atoms with Gasteiger partial charge in [0.25, 0.3) is 0 Å². The molecule has 1 N–H and O–H groups in total. The van der Waals surface area contributed by atoms with Crippen LogP contribution >= 0.6 is 0 Å². The van der Waals surface area contributed by atoms with Gasteiger partial charge in [-0.3, -0.25) is 0 Å². The van der Waals surface area contributed by atoms with E-state index in [0.717, 1.165) is 32.1 Å². The minimum Gasteiger partial charge on any atom is -0.381 e. The van der Waals surface area contributed by atoms with Gasteiger partial charge in [0, 0.05) is 37.5 Å². The molecule has 0 spiro atoms. The number of allylic oxidation sites excluding steroid dienone is 1. The van der Waals surface area contributed by atoms with Crippen LogP contribution in [0.25, 0.3) is 0 Å². The van der Waals surface area contributed by atoms with E-state index in [4.69, 9.17) is 4.74 Å². The van der Waals surface area contributed by atoms with Crippen molar-refractivity contribution < 1.29 is 4.74 Å². The number of nitrogens with one attached hydrogen (secondary N) is 1. The lowest BCUT2D eigenvalue weighted by Crippen LogP contribution is -2.27. The lowest BCUT2D eigenvalue weighted by Gasteiger charge is -2.20. The molecule has 2 heterocycles. The molecule has 0 bridgehead atoms. The van der Waals surface area contributed by atoms with Crippen molar-refractivity contribution in [1.82, 2.24) is 9.55 Å². The predicted molar refractivity (Wildman–Crippen MR) is 64.4 cm³/mol. The van der Waals surface area contributed by atoms with Gasteiger partial charge in [0.15, 0.2) is 0 Å². The van der Waals surface area contributed by atoms with Gasteiger partial charge in [0.1, 0.15) is 0 Å². The molecule has 0 saturated carbocycles. The normalized spacial score (nSPS) is 21.9. The van der Waals surface area contributed by atoms with E-state index in [1.165, 1.54) is 0 Å². The number of rotatable bonds is 5. The summed E-state index contributed by atoms with van der Waals surface area (Å²) >= 11 is 0. The highest BCUT2D eigenvalue weighted by Crippen LogP contribution is 2.19. The molecule has 1 aromatic rings. The Balaban J connectivity index is 1.96. The summed E-state index contributed by atoms with van der Waals surface area (Å²) in [5.74, 6) is 1.51. The van der Waals surface area contributed by atoms with Crippen molar-refractivity contribution in [1.29, 1.82) is 0 Å². The molecule has 1 saturated heterocycles. The van der Waals surface area contributed by atoms with Crippen LogP contribution in [-0.4, -0.2) is 28.8 Å². The highest BCUT2D eigenvalue weighted by molar-refractivity contribution is 5.28. The van der Waals surface area contributed by atoms with E-state index >= 15 is 0 Å². The highest BCUT2D eigenvalue weighted by Gasteiger charge is 2.22. The summed E-state index contributed by atoms with van der Waals surface area (Å²) in [6, 6.07) is 0.397. The number of aromatic nitrogens is 2. The van der Waals surface area contributed by atoms with Crippen LogP contribution in [0.2, 0.25) is 0 Å². The molecule has 4 heteroatoms. The largest absolute Gasteiger partial charge is 0.381 e. The second-order valence-corrected chi connectivity index (χ2v) is 4.25. The molecule has 0 aliphatic carbocycles. The van der Waals surface area contributed by atoms with Crippen molar-refractivity contribution in [2.75, 3.05) is 18.5 Å². The minimum atomic E-state index is 0.397. The Bertz CT molecular complexity index is 342. The zero-order valence-electron chi connectivity index (χ0n) is 9.72. The Labute approximate surface area is 96.3 Å². The Morgan fingerprint density at radius 2 is 2.69 bits per heavy atom. The quantitative estimate of drug-likeness (QED) is 0.772. The van der Waals surface area contributed by atoms with Gasteiger partial charge in [-0.15, -0.1) is 6.58 Å². The summed E-state index contributed by atoms with van der Waals surface area (Å²) in [7, 11) is 0. The van der Waals surface area contributed by atoms with Crippen LogP contribution in [0.3, 0.4) is 0 Å². The van der Waals surface area contributed by atoms with E-state index in [2.05, 4.69) is 28.4 Å². The fourth-order valence-corrected chi connectivity index (χ4v) is 2.00. The van der Waals surface area contributed by atoms with E-state index in [1.54, 1.807) is 0 Å². The molecule has 1 fully saturated rings. The van der Waals surface area contributed by atoms with Crippen molar-refractivity contribution >= 4 is 5.95 Å². The Morgan fingerprint density at radius 1 is 1.81 bits per heavy atom. The van der Waals surface area contributed by atoms with E-state index < -0.39 is 0 Å². The number of imidazole rings is 1. The lowest BCUT2D eigenvalue weighted by atomic mass is 10.0. The molecule has 1 aromatic heterocycles. The van der Waals surface area contributed by atoms with E-state index in [0.29, 0.717) is 12.0 Å². The second-order valence-electron chi connectivity index (χ2n) is 4.25. The van der Waals surface area contributed by atoms with Crippen LogP contribution in [0.4, 0.5) is 5.95 Å². The standard InChI is InChI=1S/C12H19N3O/c1-3-6-15-7-5-13-12(15)14-10(2)11-4-8-16-9-11/h3,5,7,10-11H,1,4,6,8-9H2,2H3,(H,13,14). The summed E-state index contributed by atoms with van der Waals surface area (Å²) in [5, 5.41) is 3.44. The van der Waals surface area contributed by atoms with Crippen molar-refractivity contribution in [2.45, 2.75) is 25.9 Å². The van der Waals surface area contributed by atoms with Crippen LogP contribution in [0.1, 0.15) is 13.3 Å². The highest BCUT2D eigenvalue weighted by atomic mass is 16.5. The number of ether oxygens (including phenoxy) is 1. The van der Waals surface area contributed by atoms with Gasteiger partial charge in [-0.05, 0) is 13.3 Å². The van der Waals surface area contributed by atoms with Gasteiger partial charge in [-0.25, -0.2) is 4.98 Å². The third kappa shape index (κ3) is 2.44. The molecule has 88 valence electrons. The number of nitrogens with zero attached hydrogens (tertiary/aromatic N) is 2. The molecule has 2 rings (SSSR count). The summed E-state index contributed by atoms with van der Waals surface area (Å²) in [5.41, 5.74) is 0. The lowest BCUT2D eigenvalue weighted by molar-refractivity contribution is 0.183. The van der Waals surface area contributed by atoms with Gasteiger partial charge in [-0.2, -0.15) is 0 Å². The molecule has 4 nitrogen and oxygen atoms in total.